The Labute approximate surface area is 101 Å². The highest BCUT2D eigenvalue weighted by Gasteiger charge is 2.20. The molecule has 0 unspecified atom stereocenters. The van der Waals surface area contributed by atoms with Gasteiger partial charge in [-0.05, 0) is 34.6 Å². The Hall–Kier alpha value is -0.160. The van der Waals surface area contributed by atoms with Crippen LogP contribution < -0.4 is 0 Å². The summed E-state index contributed by atoms with van der Waals surface area (Å²) in [7, 11) is 6.48. The zero-order valence-corrected chi connectivity index (χ0v) is 11.6. The van der Waals surface area contributed by atoms with Crippen molar-refractivity contribution in [1.82, 2.24) is 19.6 Å². The molecule has 0 bridgehead atoms. The normalized spacial score (nSPS) is 26.1. The molecule has 96 valence electrons. The lowest BCUT2D eigenvalue weighted by Gasteiger charge is -2.19. The third-order valence-corrected chi connectivity index (χ3v) is 3.77. The van der Waals surface area contributed by atoms with Crippen LogP contribution in [0, 0.1) is 0 Å². The number of rotatable bonds is 1. The van der Waals surface area contributed by atoms with E-state index in [4.69, 9.17) is 0 Å². The molecule has 2 aliphatic rings. The van der Waals surface area contributed by atoms with Gasteiger partial charge in [0.1, 0.15) is 0 Å². The lowest BCUT2D eigenvalue weighted by Crippen LogP contribution is -2.30. The van der Waals surface area contributed by atoms with E-state index in [0.717, 1.165) is 6.67 Å². The summed E-state index contributed by atoms with van der Waals surface area (Å²) in [6, 6.07) is 0. The fourth-order valence-corrected chi connectivity index (χ4v) is 2.08. The predicted molar refractivity (Wildman–Crippen MR) is 69.5 cm³/mol. The molecule has 2 saturated heterocycles. The van der Waals surface area contributed by atoms with Crippen LogP contribution in [0.4, 0.5) is 0 Å². The maximum atomic E-state index is 2.43. The maximum Gasteiger partial charge on any atom is 0.0589 e. The summed E-state index contributed by atoms with van der Waals surface area (Å²) in [6.07, 6.45) is 0.648. The van der Waals surface area contributed by atoms with Crippen LogP contribution in [0.5, 0.6) is 0 Å². The minimum Gasteiger partial charge on any atom is -0.292 e. The van der Waals surface area contributed by atoms with Crippen molar-refractivity contribution >= 4 is 0 Å². The largest absolute Gasteiger partial charge is 0.292 e. The lowest BCUT2D eigenvalue weighted by atomic mass is 10.5. The molecule has 0 radical (unpaired) electrons. The molecule has 2 fully saturated rings. The summed E-state index contributed by atoms with van der Waals surface area (Å²) in [5.74, 6) is 0. The van der Waals surface area contributed by atoms with Gasteiger partial charge in [-0.2, -0.15) is 0 Å². The van der Waals surface area contributed by atoms with Gasteiger partial charge < -0.3 is 0 Å². The second kappa shape index (κ2) is 6.55. The molecule has 0 aliphatic carbocycles. The van der Waals surface area contributed by atoms with Crippen LogP contribution in [-0.4, -0.2) is 86.3 Å². The zero-order valence-electron chi connectivity index (χ0n) is 11.6. The Balaban J connectivity index is 0.000000160. The first kappa shape index (κ1) is 13.9. The molecular weight excluding hydrogens is 200 g/mol. The molecule has 0 spiro atoms. The molecule has 0 saturated carbocycles. The maximum absolute atomic E-state index is 2.43. The Bertz CT molecular complexity index is 187. The van der Waals surface area contributed by atoms with E-state index >= 15 is 0 Å². The average Bonchev–Trinajstić information content (AvgIpc) is 2.81. The Morgan fingerprint density at radius 1 is 0.938 bits per heavy atom. The van der Waals surface area contributed by atoms with E-state index in [1.807, 2.05) is 0 Å². The predicted octanol–water partition coefficient (Wildman–Crippen LogP) is 0.421. The number of likely N-dealkylation sites (N-methyl/N-ethyl adjacent to an activating group) is 4. The van der Waals surface area contributed by atoms with Crippen molar-refractivity contribution < 1.29 is 0 Å². The van der Waals surface area contributed by atoms with Gasteiger partial charge in [0, 0.05) is 26.2 Å². The fraction of sp³-hybridized carbons (Fsp3) is 1.00. The van der Waals surface area contributed by atoms with E-state index in [9.17, 15) is 0 Å². The second-order valence-electron chi connectivity index (χ2n) is 5.02. The fourth-order valence-electron chi connectivity index (χ4n) is 2.08. The number of nitrogens with zero attached hydrogens (tertiary/aromatic N) is 4. The average molecular weight is 228 g/mol. The van der Waals surface area contributed by atoms with Gasteiger partial charge in [-0.15, -0.1) is 0 Å². The van der Waals surface area contributed by atoms with Gasteiger partial charge >= 0.3 is 0 Å². The molecule has 4 heteroatoms. The van der Waals surface area contributed by atoms with E-state index in [0.29, 0.717) is 6.17 Å². The van der Waals surface area contributed by atoms with Gasteiger partial charge in [0.25, 0.3) is 0 Å². The topological polar surface area (TPSA) is 13.0 Å². The van der Waals surface area contributed by atoms with E-state index in [2.05, 4.69) is 54.6 Å². The van der Waals surface area contributed by atoms with Crippen LogP contribution in [0.3, 0.4) is 0 Å². The summed E-state index contributed by atoms with van der Waals surface area (Å²) in [5.41, 5.74) is 0. The van der Waals surface area contributed by atoms with Gasteiger partial charge in [-0.1, -0.05) is 6.92 Å². The molecule has 2 heterocycles. The summed E-state index contributed by atoms with van der Waals surface area (Å²) in [5, 5.41) is 0. The van der Waals surface area contributed by atoms with Gasteiger partial charge in [-0.3, -0.25) is 19.6 Å². The first-order valence-corrected chi connectivity index (χ1v) is 6.36. The standard InChI is InChI=1S/2C6H14N2/c1-6-7(2)4-5-8(6)3;1-3-8-5-4-7(2)6-8/h6H,4-5H2,1-3H3;3-6H2,1-2H3. The Kier molecular flexibility index (Phi) is 5.69. The van der Waals surface area contributed by atoms with Crippen molar-refractivity contribution in [2.24, 2.45) is 0 Å². The molecule has 4 nitrogen and oxygen atoms in total. The van der Waals surface area contributed by atoms with E-state index in [1.54, 1.807) is 0 Å². The summed E-state index contributed by atoms with van der Waals surface area (Å²) in [4.78, 5) is 9.46. The van der Waals surface area contributed by atoms with Crippen LogP contribution in [0.2, 0.25) is 0 Å². The lowest BCUT2D eigenvalue weighted by molar-refractivity contribution is 0.208. The number of hydrogen-bond acceptors (Lipinski definition) is 4. The Morgan fingerprint density at radius 2 is 1.50 bits per heavy atom. The van der Waals surface area contributed by atoms with Gasteiger partial charge in [0.2, 0.25) is 0 Å². The van der Waals surface area contributed by atoms with Crippen LogP contribution in [0.15, 0.2) is 0 Å². The highest BCUT2D eigenvalue weighted by Crippen LogP contribution is 2.07. The molecular formula is C12H28N4. The van der Waals surface area contributed by atoms with Crippen molar-refractivity contribution in [3.8, 4) is 0 Å². The highest BCUT2D eigenvalue weighted by molar-refractivity contribution is 4.71. The minimum absolute atomic E-state index is 0.648. The van der Waals surface area contributed by atoms with Crippen molar-refractivity contribution in [2.45, 2.75) is 20.0 Å². The van der Waals surface area contributed by atoms with Crippen LogP contribution in [-0.2, 0) is 0 Å². The van der Waals surface area contributed by atoms with Gasteiger partial charge in [0.05, 0.1) is 12.8 Å². The quantitative estimate of drug-likeness (QED) is 0.645. The van der Waals surface area contributed by atoms with Crippen molar-refractivity contribution in [3.05, 3.63) is 0 Å². The van der Waals surface area contributed by atoms with E-state index in [-0.39, 0.29) is 0 Å². The van der Waals surface area contributed by atoms with Crippen molar-refractivity contribution in [3.63, 3.8) is 0 Å². The first-order chi connectivity index (χ1) is 7.54. The third-order valence-electron chi connectivity index (χ3n) is 3.77. The van der Waals surface area contributed by atoms with E-state index < -0.39 is 0 Å². The molecule has 2 aliphatic heterocycles. The van der Waals surface area contributed by atoms with Gasteiger partial charge in [0.15, 0.2) is 0 Å². The molecule has 0 aromatic carbocycles. The molecule has 2 rings (SSSR count). The smallest absolute Gasteiger partial charge is 0.0589 e. The molecule has 16 heavy (non-hydrogen) atoms. The third kappa shape index (κ3) is 4.01. The van der Waals surface area contributed by atoms with Crippen molar-refractivity contribution in [1.29, 1.82) is 0 Å². The summed E-state index contributed by atoms with van der Waals surface area (Å²) < 4.78 is 0. The monoisotopic (exact) mass is 228 g/mol. The second-order valence-corrected chi connectivity index (χ2v) is 5.02. The molecule has 0 N–H and O–H groups in total. The molecule has 0 atom stereocenters. The van der Waals surface area contributed by atoms with Crippen molar-refractivity contribution in [2.75, 3.05) is 60.5 Å². The number of hydrogen-bond donors (Lipinski definition) is 0. The van der Waals surface area contributed by atoms with Crippen LogP contribution >= 0.6 is 0 Å². The summed E-state index contributed by atoms with van der Waals surface area (Å²) >= 11 is 0. The SMILES string of the molecule is CC1N(C)CCN1C.CCN1CCN(C)C1. The minimum atomic E-state index is 0.648. The summed E-state index contributed by atoms with van der Waals surface area (Å²) in [6.45, 7) is 11.7. The molecule has 0 aromatic heterocycles. The van der Waals surface area contributed by atoms with Crippen LogP contribution in [0.25, 0.3) is 0 Å². The molecule has 0 amide bonds. The van der Waals surface area contributed by atoms with Crippen LogP contribution in [0.1, 0.15) is 13.8 Å². The first-order valence-electron chi connectivity index (χ1n) is 6.36. The highest BCUT2D eigenvalue weighted by atomic mass is 15.4. The van der Waals surface area contributed by atoms with Gasteiger partial charge in [-0.25, -0.2) is 0 Å². The zero-order chi connectivity index (χ0) is 12.1. The molecule has 0 aromatic rings. The van der Waals surface area contributed by atoms with E-state index in [1.165, 1.54) is 32.7 Å². The Morgan fingerprint density at radius 3 is 1.69 bits per heavy atom.